The van der Waals surface area contributed by atoms with Gasteiger partial charge >= 0.3 is 0 Å². The molecule has 0 radical (unpaired) electrons. The van der Waals surface area contributed by atoms with Crippen molar-refractivity contribution in [3.8, 4) is 5.75 Å². The zero-order chi connectivity index (χ0) is 10.8. The Balaban J connectivity index is 2.28. The maximum atomic E-state index is 10.5. The van der Waals surface area contributed by atoms with Gasteiger partial charge in [-0.05, 0) is 6.07 Å². The van der Waals surface area contributed by atoms with Gasteiger partial charge in [-0.2, -0.15) is 0 Å². The largest absolute Gasteiger partial charge is 0.486 e. The Labute approximate surface area is 90.2 Å². The fraction of sp³-hybridized carbons (Fsp3) is 0.333. The zero-order valence-electron chi connectivity index (χ0n) is 7.75. The number of nitrogens with zero attached hydrogens (tertiary/aromatic N) is 1. The first-order valence-corrected chi connectivity index (χ1v) is 5.38. The minimum Gasteiger partial charge on any atom is -0.486 e. The molecule has 0 aliphatic carbocycles. The number of ether oxygens (including phenoxy) is 1. The highest BCUT2D eigenvalue weighted by Crippen LogP contribution is 2.37. The lowest BCUT2D eigenvalue weighted by atomic mass is 10.3. The number of non-ortho nitro benzene ring substituents is 1. The second-order valence-electron chi connectivity index (χ2n) is 3.12. The van der Waals surface area contributed by atoms with Gasteiger partial charge in [0.05, 0.1) is 16.4 Å². The first kappa shape index (κ1) is 10.3. The van der Waals surface area contributed by atoms with Crippen LogP contribution in [0.3, 0.4) is 0 Å². The van der Waals surface area contributed by atoms with Crippen molar-refractivity contribution in [1.29, 1.82) is 0 Å². The van der Waals surface area contributed by atoms with Gasteiger partial charge in [-0.3, -0.25) is 10.1 Å². The van der Waals surface area contributed by atoms with Gasteiger partial charge in [0.15, 0.2) is 0 Å². The molecule has 1 heterocycles. The van der Waals surface area contributed by atoms with Crippen molar-refractivity contribution >= 4 is 17.4 Å². The Hall–Kier alpha value is -1.27. The third-order valence-electron chi connectivity index (χ3n) is 2.06. The quantitative estimate of drug-likeness (QED) is 0.611. The molecule has 5 nitrogen and oxygen atoms in total. The Morgan fingerprint density at radius 2 is 2.47 bits per heavy atom. The summed E-state index contributed by atoms with van der Waals surface area (Å²) in [6.07, 6.45) is -0.219. The van der Waals surface area contributed by atoms with Crippen LogP contribution in [-0.4, -0.2) is 28.5 Å². The van der Waals surface area contributed by atoms with Crippen LogP contribution in [0.5, 0.6) is 5.75 Å². The Bertz CT molecular complexity index is 396. The summed E-state index contributed by atoms with van der Waals surface area (Å²) >= 11 is 1.46. The number of nitro groups is 1. The van der Waals surface area contributed by atoms with Crippen LogP contribution in [-0.2, 0) is 0 Å². The van der Waals surface area contributed by atoms with Gasteiger partial charge in [0.25, 0.3) is 5.69 Å². The topological polar surface area (TPSA) is 72.6 Å². The minimum absolute atomic E-state index is 0.0383. The van der Waals surface area contributed by atoms with E-state index in [-0.39, 0.29) is 18.4 Å². The van der Waals surface area contributed by atoms with E-state index < -0.39 is 4.92 Å². The lowest BCUT2D eigenvalue weighted by molar-refractivity contribution is -0.385. The predicted octanol–water partition coefficient (Wildman–Crippen LogP) is 1.44. The van der Waals surface area contributed by atoms with Crippen LogP contribution in [0.25, 0.3) is 0 Å². The van der Waals surface area contributed by atoms with Crippen LogP contribution in [0.2, 0.25) is 0 Å². The zero-order valence-corrected chi connectivity index (χ0v) is 8.57. The number of aliphatic hydroxyl groups is 1. The van der Waals surface area contributed by atoms with Crippen LogP contribution >= 0.6 is 11.8 Å². The fourth-order valence-corrected chi connectivity index (χ4v) is 2.31. The first-order valence-electron chi connectivity index (χ1n) is 4.39. The Morgan fingerprint density at radius 1 is 1.67 bits per heavy atom. The Kier molecular flexibility index (Phi) is 2.79. The molecule has 0 unspecified atom stereocenters. The van der Waals surface area contributed by atoms with Crippen LogP contribution in [0, 0.1) is 10.1 Å². The molecule has 0 fully saturated rings. The number of hydrogen-bond donors (Lipinski definition) is 1. The Morgan fingerprint density at radius 3 is 3.13 bits per heavy atom. The molecule has 0 bridgehead atoms. The molecule has 1 aliphatic heterocycles. The van der Waals surface area contributed by atoms with Crippen molar-refractivity contribution in [2.45, 2.75) is 11.0 Å². The van der Waals surface area contributed by atoms with Crippen molar-refractivity contribution in [2.75, 3.05) is 12.4 Å². The number of fused-ring (bicyclic) bond motifs is 1. The summed E-state index contributed by atoms with van der Waals surface area (Å²) in [7, 11) is 0. The number of aliphatic hydroxyl groups excluding tert-OH is 1. The van der Waals surface area contributed by atoms with Gasteiger partial charge < -0.3 is 9.84 Å². The molecule has 1 atom stereocenters. The fourth-order valence-electron chi connectivity index (χ4n) is 1.31. The highest BCUT2D eigenvalue weighted by Gasteiger charge is 2.21. The van der Waals surface area contributed by atoms with Crippen LogP contribution in [0.4, 0.5) is 5.69 Å². The number of nitro benzene ring substituents is 1. The minimum atomic E-state index is -0.432. The SMILES string of the molecule is O=[N+]([O-])c1ccc2c(c1)SC[C@@H](CO)O2. The molecular formula is C9H9NO4S. The lowest BCUT2D eigenvalue weighted by Crippen LogP contribution is -2.26. The summed E-state index contributed by atoms with van der Waals surface area (Å²) in [5.41, 5.74) is 0.0623. The van der Waals surface area contributed by atoms with Crippen molar-refractivity contribution in [3.05, 3.63) is 28.3 Å². The van der Waals surface area contributed by atoms with E-state index in [1.54, 1.807) is 6.07 Å². The molecule has 1 aliphatic rings. The number of rotatable bonds is 2. The van der Waals surface area contributed by atoms with E-state index in [4.69, 9.17) is 9.84 Å². The summed E-state index contributed by atoms with van der Waals surface area (Å²) in [5, 5.41) is 19.4. The molecule has 80 valence electrons. The summed E-state index contributed by atoms with van der Waals surface area (Å²) < 4.78 is 5.42. The predicted molar refractivity (Wildman–Crippen MR) is 55.3 cm³/mol. The molecule has 2 rings (SSSR count). The van der Waals surface area contributed by atoms with Gasteiger partial charge in [-0.15, -0.1) is 11.8 Å². The van der Waals surface area contributed by atoms with Crippen molar-refractivity contribution in [2.24, 2.45) is 0 Å². The van der Waals surface area contributed by atoms with Crippen LogP contribution in [0.1, 0.15) is 0 Å². The van der Waals surface area contributed by atoms with Gasteiger partial charge in [0.1, 0.15) is 11.9 Å². The van der Waals surface area contributed by atoms with E-state index in [0.717, 1.165) is 4.90 Å². The smallest absolute Gasteiger partial charge is 0.270 e. The second kappa shape index (κ2) is 4.08. The molecule has 0 saturated heterocycles. The number of hydrogen-bond acceptors (Lipinski definition) is 5. The van der Waals surface area contributed by atoms with Crippen molar-refractivity contribution in [1.82, 2.24) is 0 Å². The van der Waals surface area contributed by atoms with Crippen LogP contribution < -0.4 is 4.74 Å². The molecular weight excluding hydrogens is 218 g/mol. The molecule has 1 aromatic carbocycles. The molecule has 0 aromatic heterocycles. The third-order valence-corrected chi connectivity index (χ3v) is 3.23. The normalized spacial score (nSPS) is 19.1. The van der Waals surface area contributed by atoms with Crippen molar-refractivity contribution < 1.29 is 14.8 Å². The molecule has 0 saturated carbocycles. The average Bonchev–Trinajstić information content (AvgIpc) is 2.27. The maximum Gasteiger partial charge on any atom is 0.270 e. The third kappa shape index (κ3) is 2.05. The molecule has 0 spiro atoms. The maximum absolute atomic E-state index is 10.5. The van der Waals surface area contributed by atoms with E-state index in [9.17, 15) is 10.1 Å². The first-order chi connectivity index (χ1) is 7.20. The van der Waals surface area contributed by atoms with E-state index >= 15 is 0 Å². The monoisotopic (exact) mass is 227 g/mol. The number of thioether (sulfide) groups is 1. The molecule has 1 N–H and O–H groups in total. The van der Waals surface area contributed by atoms with Gasteiger partial charge in [0, 0.05) is 17.9 Å². The highest BCUT2D eigenvalue weighted by molar-refractivity contribution is 7.99. The molecule has 0 amide bonds. The van der Waals surface area contributed by atoms with E-state index in [0.29, 0.717) is 11.5 Å². The number of benzene rings is 1. The van der Waals surface area contributed by atoms with E-state index in [1.165, 1.54) is 23.9 Å². The average molecular weight is 227 g/mol. The summed E-state index contributed by atoms with van der Waals surface area (Å²) in [5.74, 6) is 1.22. The lowest BCUT2D eigenvalue weighted by Gasteiger charge is -2.23. The van der Waals surface area contributed by atoms with E-state index in [2.05, 4.69) is 0 Å². The summed E-state index contributed by atoms with van der Waals surface area (Å²) in [4.78, 5) is 10.8. The van der Waals surface area contributed by atoms with Gasteiger partial charge in [-0.1, -0.05) is 0 Å². The summed E-state index contributed by atoms with van der Waals surface area (Å²) in [6.45, 7) is -0.0383. The van der Waals surface area contributed by atoms with E-state index in [1.807, 2.05) is 0 Å². The van der Waals surface area contributed by atoms with Gasteiger partial charge in [0.2, 0.25) is 0 Å². The molecule has 1 aromatic rings. The second-order valence-corrected chi connectivity index (χ2v) is 4.18. The van der Waals surface area contributed by atoms with Crippen LogP contribution in [0.15, 0.2) is 23.1 Å². The van der Waals surface area contributed by atoms with Gasteiger partial charge in [-0.25, -0.2) is 0 Å². The highest BCUT2D eigenvalue weighted by atomic mass is 32.2. The molecule has 6 heteroatoms. The standard InChI is InChI=1S/C9H9NO4S/c11-4-7-5-15-9-3-6(10(12)13)1-2-8(9)14-7/h1-3,7,11H,4-5H2/t7-/m1/s1. The summed E-state index contributed by atoms with van der Waals surface area (Å²) in [6, 6.07) is 4.47. The molecule has 15 heavy (non-hydrogen) atoms. The van der Waals surface area contributed by atoms with Crippen molar-refractivity contribution in [3.63, 3.8) is 0 Å².